The first-order valence-corrected chi connectivity index (χ1v) is 9.84. The van der Waals surface area contributed by atoms with Gasteiger partial charge < -0.3 is 9.30 Å². The van der Waals surface area contributed by atoms with Crippen molar-refractivity contribution in [2.75, 3.05) is 19.7 Å². The quantitative estimate of drug-likeness (QED) is 0.660. The smallest absolute Gasteiger partial charge is 0.146 e. The van der Waals surface area contributed by atoms with Crippen LogP contribution in [-0.2, 0) is 13.1 Å². The van der Waals surface area contributed by atoms with E-state index in [1.807, 2.05) is 24.3 Å². The van der Waals surface area contributed by atoms with Gasteiger partial charge in [-0.05, 0) is 55.6 Å². The van der Waals surface area contributed by atoms with Crippen LogP contribution in [0, 0.1) is 5.82 Å². The molecule has 3 aromatic rings. The van der Waals surface area contributed by atoms with Crippen LogP contribution < -0.4 is 4.74 Å². The molecule has 2 aromatic carbocycles. The summed E-state index contributed by atoms with van der Waals surface area (Å²) in [6.07, 6.45) is 2.09. The highest BCUT2D eigenvalue weighted by Crippen LogP contribution is 2.34. The molecule has 6 heteroatoms. The molecular weight excluding hydrogens is 365 g/mol. The van der Waals surface area contributed by atoms with Crippen molar-refractivity contribution in [2.45, 2.75) is 31.8 Å². The van der Waals surface area contributed by atoms with Crippen LogP contribution in [0.5, 0.6) is 5.75 Å². The van der Waals surface area contributed by atoms with Gasteiger partial charge in [0.15, 0.2) is 0 Å². The molecule has 1 saturated heterocycles. The van der Waals surface area contributed by atoms with E-state index in [-0.39, 0.29) is 5.82 Å². The van der Waals surface area contributed by atoms with Gasteiger partial charge in [0.2, 0.25) is 0 Å². The number of halogens is 2. The first-order chi connectivity index (χ1) is 13.2. The molecule has 3 heterocycles. The lowest BCUT2D eigenvalue weighted by atomic mass is 9.89. The summed E-state index contributed by atoms with van der Waals surface area (Å²) < 4.78 is 21.5. The van der Waals surface area contributed by atoms with Gasteiger partial charge in [0, 0.05) is 11.1 Å². The molecule has 1 fully saturated rings. The van der Waals surface area contributed by atoms with Gasteiger partial charge >= 0.3 is 0 Å². The lowest BCUT2D eigenvalue weighted by Gasteiger charge is -2.32. The molecule has 0 atom stereocenters. The van der Waals surface area contributed by atoms with Crippen LogP contribution in [0.25, 0.3) is 11.0 Å². The fraction of sp³-hybridized carbons (Fsp3) is 0.381. The van der Waals surface area contributed by atoms with Crippen molar-refractivity contribution in [3.8, 4) is 5.75 Å². The van der Waals surface area contributed by atoms with E-state index >= 15 is 0 Å². The molecule has 0 aliphatic carbocycles. The summed E-state index contributed by atoms with van der Waals surface area (Å²) in [7, 11) is 0. The van der Waals surface area contributed by atoms with Crippen molar-refractivity contribution in [3.63, 3.8) is 0 Å². The normalized spacial score (nSPS) is 18.0. The molecule has 2 aliphatic heterocycles. The zero-order valence-corrected chi connectivity index (χ0v) is 15.8. The van der Waals surface area contributed by atoms with Gasteiger partial charge in [-0.2, -0.15) is 0 Å². The number of likely N-dealkylation sites (tertiary alicyclic amines) is 1. The third kappa shape index (κ3) is 3.19. The number of benzene rings is 2. The third-order valence-electron chi connectivity index (χ3n) is 5.70. The minimum absolute atomic E-state index is 0.144. The summed E-state index contributed by atoms with van der Waals surface area (Å²) in [5.41, 5.74) is 3.07. The molecule has 140 valence electrons. The molecule has 27 heavy (non-hydrogen) atoms. The van der Waals surface area contributed by atoms with Gasteiger partial charge in [-0.1, -0.05) is 23.7 Å². The van der Waals surface area contributed by atoms with Crippen molar-refractivity contribution >= 4 is 22.6 Å². The number of nitrogens with zero attached hydrogens (tertiary/aromatic N) is 3. The largest absolute Gasteiger partial charge is 0.489 e. The van der Waals surface area contributed by atoms with E-state index in [1.165, 1.54) is 6.07 Å². The summed E-state index contributed by atoms with van der Waals surface area (Å²) in [5, 5.41) is 0.659. The van der Waals surface area contributed by atoms with Crippen LogP contribution >= 0.6 is 11.6 Å². The van der Waals surface area contributed by atoms with Crippen molar-refractivity contribution in [3.05, 3.63) is 58.6 Å². The van der Waals surface area contributed by atoms with E-state index in [0.29, 0.717) is 17.5 Å². The van der Waals surface area contributed by atoms with Gasteiger partial charge in [-0.25, -0.2) is 9.37 Å². The first-order valence-electron chi connectivity index (χ1n) is 9.46. The van der Waals surface area contributed by atoms with Gasteiger partial charge in [0.25, 0.3) is 0 Å². The number of rotatable bonds is 3. The van der Waals surface area contributed by atoms with Crippen LogP contribution in [0.15, 0.2) is 36.4 Å². The molecule has 2 aliphatic rings. The van der Waals surface area contributed by atoms with Gasteiger partial charge in [-0.3, -0.25) is 4.90 Å². The van der Waals surface area contributed by atoms with Crippen molar-refractivity contribution in [2.24, 2.45) is 0 Å². The summed E-state index contributed by atoms with van der Waals surface area (Å²) >= 11 is 6.20. The molecule has 0 saturated carbocycles. The van der Waals surface area contributed by atoms with Crippen LogP contribution in [0.1, 0.15) is 30.1 Å². The van der Waals surface area contributed by atoms with E-state index in [4.69, 9.17) is 21.3 Å². The Balaban J connectivity index is 1.33. The van der Waals surface area contributed by atoms with Gasteiger partial charge in [0.05, 0.1) is 18.6 Å². The van der Waals surface area contributed by atoms with E-state index < -0.39 is 0 Å². The predicted molar refractivity (Wildman–Crippen MR) is 104 cm³/mol. The van der Waals surface area contributed by atoms with Gasteiger partial charge in [-0.15, -0.1) is 0 Å². The van der Waals surface area contributed by atoms with Crippen LogP contribution in [0.2, 0.25) is 5.02 Å². The number of hydrogen-bond donors (Lipinski definition) is 0. The average molecular weight is 386 g/mol. The molecule has 1 aromatic heterocycles. The summed E-state index contributed by atoms with van der Waals surface area (Å²) in [6.45, 7) is 4.28. The van der Waals surface area contributed by atoms with E-state index in [0.717, 1.165) is 67.2 Å². The third-order valence-corrected chi connectivity index (χ3v) is 5.91. The number of aromatic nitrogens is 2. The summed E-state index contributed by atoms with van der Waals surface area (Å²) in [4.78, 5) is 7.28. The molecule has 5 rings (SSSR count). The Morgan fingerprint density at radius 3 is 2.81 bits per heavy atom. The molecule has 0 N–H and O–H groups in total. The van der Waals surface area contributed by atoms with Crippen molar-refractivity contribution < 1.29 is 9.13 Å². The standard InChI is InChI=1S/C21H21ClFN3O/c22-16-11-18-21-19(12-16)27-9-8-26(21)20(24-18)13-25-6-4-14(5-7-25)15-2-1-3-17(23)10-15/h1-3,10-12,14H,4-9,13H2. The molecular formula is C21H21ClFN3O. The Morgan fingerprint density at radius 1 is 1.15 bits per heavy atom. The van der Waals surface area contributed by atoms with Crippen molar-refractivity contribution in [1.82, 2.24) is 14.5 Å². The fourth-order valence-electron chi connectivity index (χ4n) is 4.35. The second kappa shape index (κ2) is 6.80. The Morgan fingerprint density at radius 2 is 2.00 bits per heavy atom. The maximum Gasteiger partial charge on any atom is 0.146 e. The first kappa shape index (κ1) is 17.0. The summed E-state index contributed by atoms with van der Waals surface area (Å²) in [6, 6.07) is 10.8. The Labute approximate surface area is 162 Å². The minimum Gasteiger partial charge on any atom is -0.489 e. The topological polar surface area (TPSA) is 30.3 Å². The molecule has 4 nitrogen and oxygen atoms in total. The summed E-state index contributed by atoms with van der Waals surface area (Å²) in [5.74, 6) is 2.19. The highest BCUT2D eigenvalue weighted by atomic mass is 35.5. The maximum absolute atomic E-state index is 13.5. The monoisotopic (exact) mass is 385 g/mol. The highest BCUT2D eigenvalue weighted by Gasteiger charge is 2.25. The predicted octanol–water partition coefficient (Wildman–Crippen LogP) is 4.60. The van der Waals surface area contributed by atoms with E-state index in [1.54, 1.807) is 6.07 Å². The maximum atomic E-state index is 13.5. The SMILES string of the molecule is Fc1cccc(C2CCN(Cc3nc4cc(Cl)cc5c4n3CCO5)CC2)c1. The van der Waals surface area contributed by atoms with Crippen LogP contribution in [0.3, 0.4) is 0 Å². The van der Waals surface area contributed by atoms with E-state index in [9.17, 15) is 4.39 Å². The second-order valence-corrected chi connectivity index (χ2v) is 7.84. The van der Waals surface area contributed by atoms with Crippen molar-refractivity contribution in [1.29, 1.82) is 0 Å². The molecule has 0 unspecified atom stereocenters. The number of piperidine rings is 1. The lowest BCUT2D eigenvalue weighted by molar-refractivity contribution is 0.195. The second-order valence-electron chi connectivity index (χ2n) is 7.41. The molecule has 0 spiro atoms. The number of imidazole rings is 1. The minimum atomic E-state index is -0.144. The zero-order chi connectivity index (χ0) is 18.4. The molecule has 0 amide bonds. The Kier molecular flexibility index (Phi) is 4.29. The van der Waals surface area contributed by atoms with Crippen LogP contribution in [-0.4, -0.2) is 34.1 Å². The number of hydrogen-bond acceptors (Lipinski definition) is 3. The van der Waals surface area contributed by atoms with Gasteiger partial charge in [0.1, 0.15) is 29.5 Å². The fourth-order valence-corrected chi connectivity index (χ4v) is 4.55. The number of ether oxygens (including phenoxy) is 1. The van der Waals surface area contributed by atoms with Crippen LogP contribution in [0.4, 0.5) is 4.39 Å². The average Bonchev–Trinajstić information content (AvgIpc) is 3.01. The van der Waals surface area contributed by atoms with E-state index in [2.05, 4.69) is 9.47 Å². The lowest BCUT2D eigenvalue weighted by Crippen LogP contribution is -2.33. The Bertz CT molecular complexity index is 995. The molecule has 0 radical (unpaired) electrons. The highest BCUT2D eigenvalue weighted by molar-refractivity contribution is 6.31. The Hall–Kier alpha value is -2.11. The molecule has 0 bridgehead atoms. The zero-order valence-electron chi connectivity index (χ0n) is 15.0.